The Labute approximate surface area is 61.1 Å². The van der Waals surface area contributed by atoms with Crippen LogP contribution in [0.4, 0.5) is 4.39 Å². The second-order valence-corrected chi connectivity index (χ2v) is 1.74. The van der Waals surface area contributed by atoms with Gasteiger partial charge in [0.25, 0.3) is 0 Å². The van der Waals surface area contributed by atoms with Crippen LogP contribution >= 0.6 is 0 Å². The first-order valence-corrected chi connectivity index (χ1v) is 2.75. The molecule has 1 rings (SSSR count). The molecule has 0 fully saturated rings. The van der Waals surface area contributed by atoms with Crippen molar-refractivity contribution in [2.45, 2.75) is 0 Å². The predicted octanol–water partition coefficient (Wildman–Crippen LogP) is 1.82. The minimum atomic E-state index is -1.43. The fraction of sp³-hybridized carbons (Fsp3) is 0. The summed E-state index contributed by atoms with van der Waals surface area (Å²) in [5.74, 6) is -1.31. The second-order valence-electron chi connectivity index (χ2n) is 1.74. The average Bonchev–Trinajstić information content (AvgIpc) is 2.39. The normalized spacial score (nSPS) is 11.5. The van der Waals surface area contributed by atoms with Crippen LogP contribution in [-0.4, -0.2) is 4.92 Å². The first-order chi connectivity index (χ1) is 5.20. The molecule has 11 heavy (non-hydrogen) atoms. The van der Waals surface area contributed by atoms with Crippen LogP contribution in [0, 0.1) is 10.1 Å². The summed E-state index contributed by atoms with van der Waals surface area (Å²) in [5.41, 5.74) is 0. The molecule has 0 radical (unpaired) electrons. The lowest BCUT2D eigenvalue weighted by Crippen LogP contribution is -1.90. The molecule has 0 aliphatic heterocycles. The maximum atomic E-state index is 12.2. The van der Waals surface area contributed by atoms with Crippen LogP contribution in [0.5, 0.6) is 0 Å². The zero-order chi connectivity index (χ0) is 8.27. The van der Waals surface area contributed by atoms with Crippen LogP contribution in [0.3, 0.4) is 0 Å². The Balaban J connectivity index is 2.82. The summed E-state index contributed by atoms with van der Waals surface area (Å²) < 4.78 is 16.8. The topological polar surface area (TPSA) is 56.3 Å². The van der Waals surface area contributed by atoms with Gasteiger partial charge in [-0.3, -0.25) is 10.1 Å². The molecule has 0 atom stereocenters. The SMILES string of the molecule is O=[N+]([O-])/C(F)=C/c1ccco1. The van der Waals surface area contributed by atoms with Gasteiger partial charge in [-0.05, 0) is 12.1 Å². The third-order valence-corrected chi connectivity index (χ3v) is 0.979. The Morgan fingerprint density at radius 2 is 2.55 bits per heavy atom. The molecule has 1 aromatic heterocycles. The highest BCUT2D eigenvalue weighted by Gasteiger charge is 2.08. The van der Waals surface area contributed by atoms with Gasteiger partial charge in [-0.25, -0.2) is 0 Å². The van der Waals surface area contributed by atoms with Gasteiger partial charge < -0.3 is 4.42 Å². The summed E-state index contributed by atoms with van der Waals surface area (Å²) >= 11 is 0. The van der Waals surface area contributed by atoms with E-state index in [1.54, 1.807) is 0 Å². The highest BCUT2D eigenvalue weighted by Crippen LogP contribution is 2.08. The Kier molecular flexibility index (Phi) is 2.00. The molecular weight excluding hydrogens is 153 g/mol. The molecule has 0 aliphatic carbocycles. The fourth-order valence-electron chi connectivity index (χ4n) is 0.543. The highest BCUT2D eigenvalue weighted by molar-refractivity contribution is 5.42. The van der Waals surface area contributed by atoms with Crippen molar-refractivity contribution in [2.75, 3.05) is 0 Å². The van der Waals surface area contributed by atoms with Crippen molar-refractivity contribution in [1.29, 1.82) is 0 Å². The molecule has 0 N–H and O–H groups in total. The molecule has 0 unspecified atom stereocenters. The van der Waals surface area contributed by atoms with E-state index in [1.807, 2.05) is 0 Å². The molecule has 0 amide bonds. The van der Waals surface area contributed by atoms with Crippen molar-refractivity contribution in [3.8, 4) is 0 Å². The van der Waals surface area contributed by atoms with E-state index in [9.17, 15) is 14.5 Å². The van der Waals surface area contributed by atoms with Crippen molar-refractivity contribution < 1.29 is 13.7 Å². The first-order valence-electron chi connectivity index (χ1n) is 2.75. The Bertz CT molecular complexity index is 278. The zero-order valence-electron chi connectivity index (χ0n) is 5.36. The zero-order valence-corrected chi connectivity index (χ0v) is 5.36. The van der Waals surface area contributed by atoms with E-state index < -0.39 is 10.9 Å². The van der Waals surface area contributed by atoms with Gasteiger partial charge in [0.05, 0.1) is 17.3 Å². The van der Waals surface area contributed by atoms with Crippen LogP contribution < -0.4 is 0 Å². The summed E-state index contributed by atoms with van der Waals surface area (Å²) in [6.07, 6.45) is 2.01. The monoisotopic (exact) mass is 157 g/mol. The number of furan rings is 1. The van der Waals surface area contributed by atoms with Gasteiger partial charge in [-0.15, -0.1) is 4.39 Å². The van der Waals surface area contributed by atoms with E-state index in [1.165, 1.54) is 18.4 Å². The fourth-order valence-corrected chi connectivity index (χ4v) is 0.543. The summed E-state index contributed by atoms with van der Waals surface area (Å²) in [6.45, 7) is 0. The lowest BCUT2D eigenvalue weighted by atomic mass is 10.4. The van der Waals surface area contributed by atoms with Crippen molar-refractivity contribution in [1.82, 2.24) is 0 Å². The van der Waals surface area contributed by atoms with Crippen LogP contribution in [0.2, 0.25) is 0 Å². The quantitative estimate of drug-likeness (QED) is 0.373. The van der Waals surface area contributed by atoms with E-state index in [0.29, 0.717) is 6.08 Å². The number of hydrogen-bond acceptors (Lipinski definition) is 3. The molecule has 5 heteroatoms. The Morgan fingerprint density at radius 3 is 3.00 bits per heavy atom. The lowest BCUT2D eigenvalue weighted by Gasteiger charge is -1.82. The molecule has 0 bridgehead atoms. The van der Waals surface area contributed by atoms with Crippen LogP contribution in [-0.2, 0) is 0 Å². The van der Waals surface area contributed by atoms with Crippen molar-refractivity contribution in [3.63, 3.8) is 0 Å². The van der Waals surface area contributed by atoms with Gasteiger partial charge in [0.15, 0.2) is 0 Å². The third-order valence-electron chi connectivity index (χ3n) is 0.979. The van der Waals surface area contributed by atoms with E-state index in [2.05, 4.69) is 4.42 Å². The first kappa shape index (κ1) is 7.46. The average molecular weight is 157 g/mol. The lowest BCUT2D eigenvalue weighted by molar-refractivity contribution is -0.445. The van der Waals surface area contributed by atoms with Crippen molar-refractivity contribution in [3.05, 3.63) is 40.2 Å². The smallest absolute Gasteiger partial charge is 0.423 e. The largest absolute Gasteiger partial charge is 0.465 e. The summed E-state index contributed by atoms with van der Waals surface area (Å²) in [4.78, 5) is 8.62. The maximum absolute atomic E-state index is 12.2. The van der Waals surface area contributed by atoms with E-state index in [-0.39, 0.29) is 5.76 Å². The summed E-state index contributed by atoms with van der Waals surface area (Å²) in [7, 11) is 0. The molecule has 1 aromatic rings. The predicted molar refractivity (Wildman–Crippen MR) is 34.8 cm³/mol. The van der Waals surface area contributed by atoms with Gasteiger partial charge in [-0.1, -0.05) is 0 Å². The highest BCUT2D eigenvalue weighted by atomic mass is 19.1. The van der Waals surface area contributed by atoms with Crippen LogP contribution in [0.1, 0.15) is 5.76 Å². The van der Waals surface area contributed by atoms with E-state index >= 15 is 0 Å². The third kappa shape index (κ3) is 1.89. The van der Waals surface area contributed by atoms with Crippen LogP contribution in [0.25, 0.3) is 6.08 Å². The number of nitro groups is 1. The van der Waals surface area contributed by atoms with Crippen molar-refractivity contribution in [2.24, 2.45) is 0 Å². The molecule has 0 saturated carbocycles. The molecule has 0 saturated heterocycles. The van der Waals surface area contributed by atoms with Gasteiger partial charge in [-0.2, -0.15) is 0 Å². The molecular formula is C6H4FNO3. The maximum Gasteiger partial charge on any atom is 0.423 e. The Morgan fingerprint density at radius 1 is 1.82 bits per heavy atom. The van der Waals surface area contributed by atoms with E-state index in [4.69, 9.17) is 0 Å². The summed E-state index contributed by atoms with van der Waals surface area (Å²) in [5, 5.41) is 9.75. The molecule has 0 spiro atoms. The van der Waals surface area contributed by atoms with Gasteiger partial charge in [0.2, 0.25) is 0 Å². The molecule has 58 valence electrons. The number of halogens is 1. The van der Waals surface area contributed by atoms with Gasteiger partial charge in [0.1, 0.15) is 5.76 Å². The summed E-state index contributed by atoms with van der Waals surface area (Å²) in [6, 6.07) is 2.93. The molecule has 1 heterocycles. The van der Waals surface area contributed by atoms with E-state index in [0.717, 1.165) is 0 Å². The second kappa shape index (κ2) is 2.96. The Hall–Kier alpha value is -1.65. The molecule has 0 aliphatic rings. The van der Waals surface area contributed by atoms with Crippen molar-refractivity contribution >= 4 is 6.08 Å². The molecule has 4 nitrogen and oxygen atoms in total. The standard InChI is InChI=1S/C6H4FNO3/c7-6(8(9)10)4-5-2-1-3-11-5/h1-4H/b6-4+. The minimum Gasteiger partial charge on any atom is -0.465 e. The number of rotatable bonds is 2. The van der Waals surface area contributed by atoms with Gasteiger partial charge in [0, 0.05) is 0 Å². The van der Waals surface area contributed by atoms with Crippen LogP contribution in [0.15, 0.2) is 28.8 Å². The minimum absolute atomic E-state index is 0.124. The number of hydrogen-bond donors (Lipinski definition) is 0. The van der Waals surface area contributed by atoms with Gasteiger partial charge >= 0.3 is 5.95 Å². The number of nitrogens with zero attached hydrogens (tertiary/aromatic N) is 1. The molecule has 0 aromatic carbocycles.